The number of carbonyl (C=O) groups is 2. The van der Waals surface area contributed by atoms with Gasteiger partial charge in [-0.25, -0.2) is 0 Å². The molecule has 164 valence electrons. The fraction of sp³-hybridized carbons (Fsp3) is 0.231. The number of nitrogens with one attached hydrogen (secondary N) is 1. The molecule has 7 nitrogen and oxygen atoms in total. The van der Waals surface area contributed by atoms with Gasteiger partial charge in [0.05, 0.1) is 23.4 Å². The van der Waals surface area contributed by atoms with Crippen LogP contribution in [0, 0.1) is 11.3 Å². The first-order valence-electron chi connectivity index (χ1n) is 10.8. The molecule has 1 amide bonds. The molecule has 0 saturated carbocycles. The maximum absolute atomic E-state index is 13.7. The highest BCUT2D eigenvalue weighted by Gasteiger charge is 2.40. The van der Waals surface area contributed by atoms with Gasteiger partial charge in [0.15, 0.2) is 5.78 Å². The summed E-state index contributed by atoms with van der Waals surface area (Å²) in [4.78, 5) is 28.4. The van der Waals surface area contributed by atoms with E-state index in [1.165, 1.54) is 4.68 Å². The van der Waals surface area contributed by atoms with Crippen LogP contribution in [-0.2, 0) is 23.2 Å². The molecule has 33 heavy (non-hydrogen) atoms. The third kappa shape index (κ3) is 3.06. The Morgan fingerprint density at radius 1 is 1.24 bits per heavy atom. The van der Waals surface area contributed by atoms with Crippen LogP contribution in [0.25, 0.3) is 22.0 Å². The SMILES string of the molecule is CCc1cc2c(cc1-c1cnn(CC(N)=O)c1)C(C)(C)c1[nH]c3cc(C#N)ccc3c1C2=O. The Bertz CT molecular complexity index is 1510. The van der Waals surface area contributed by atoms with Crippen LogP contribution >= 0.6 is 0 Å². The molecule has 1 aliphatic carbocycles. The maximum atomic E-state index is 13.7. The first-order valence-corrected chi connectivity index (χ1v) is 10.8. The molecular formula is C26H23N5O2. The summed E-state index contributed by atoms with van der Waals surface area (Å²) < 4.78 is 1.52. The first-order chi connectivity index (χ1) is 15.7. The number of aromatic amines is 1. The lowest BCUT2D eigenvalue weighted by atomic mass is 9.70. The van der Waals surface area contributed by atoms with Crippen LogP contribution in [0.3, 0.4) is 0 Å². The fourth-order valence-corrected chi connectivity index (χ4v) is 4.90. The topological polar surface area (TPSA) is 118 Å². The zero-order valence-electron chi connectivity index (χ0n) is 18.7. The van der Waals surface area contributed by atoms with Gasteiger partial charge in [-0.05, 0) is 47.4 Å². The Morgan fingerprint density at radius 3 is 2.73 bits per heavy atom. The van der Waals surface area contributed by atoms with Crippen LogP contribution in [0.1, 0.15) is 59.1 Å². The minimum atomic E-state index is -0.464. The number of aromatic nitrogens is 3. The quantitative estimate of drug-likeness (QED) is 0.504. The molecule has 0 saturated heterocycles. The van der Waals surface area contributed by atoms with Crippen LogP contribution in [0.5, 0.6) is 0 Å². The van der Waals surface area contributed by atoms with Gasteiger partial charge < -0.3 is 10.7 Å². The third-order valence-corrected chi connectivity index (χ3v) is 6.58. The lowest BCUT2D eigenvalue weighted by molar-refractivity contribution is -0.118. The Hall–Kier alpha value is -4.18. The zero-order valence-corrected chi connectivity index (χ0v) is 18.7. The highest BCUT2D eigenvalue weighted by molar-refractivity contribution is 6.20. The van der Waals surface area contributed by atoms with Crippen LogP contribution < -0.4 is 5.73 Å². The number of H-pyrrole nitrogens is 1. The molecule has 2 aromatic heterocycles. The van der Waals surface area contributed by atoms with Crippen molar-refractivity contribution in [2.45, 2.75) is 39.2 Å². The lowest BCUT2D eigenvalue weighted by Crippen LogP contribution is -2.30. The molecule has 2 heterocycles. The van der Waals surface area contributed by atoms with Crippen LogP contribution in [0.15, 0.2) is 42.7 Å². The molecule has 0 fully saturated rings. The van der Waals surface area contributed by atoms with Gasteiger partial charge in [0.2, 0.25) is 5.91 Å². The van der Waals surface area contributed by atoms with Crippen LogP contribution in [-0.4, -0.2) is 26.5 Å². The number of nitriles is 1. The van der Waals surface area contributed by atoms with Crippen molar-refractivity contribution in [2.24, 2.45) is 5.73 Å². The number of primary amides is 1. The minimum absolute atomic E-state index is 0.0130. The first kappa shape index (κ1) is 20.7. The number of nitrogens with two attached hydrogens (primary N) is 1. The summed E-state index contributed by atoms with van der Waals surface area (Å²) in [7, 11) is 0. The summed E-state index contributed by atoms with van der Waals surface area (Å²) in [6.45, 7) is 6.27. The molecule has 7 heteroatoms. The highest BCUT2D eigenvalue weighted by Crippen LogP contribution is 2.45. The average Bonchev–Trinajstić information content (AvgIpc) is 3.41. The van der Waals surface area contributed by atoms with Crippen LogP contribution in [0.4, 0.5) is 0 Å². The molecule has 1 aliphatic rings. The summed E-state index contributed by atoms with van der Waals surface area (Å²) >= 11 is 0. The predicted molar refractivity (Wildman–Crippen MR) is 125 cm³/mol. The second-order valence-corrected chi connectivity index (χ2v) is 9.00. The smallest absolute Gasteiger partial charge is 0.239 e. The normalized spacial score (nSPS) is 14.1. The standard InChI is InChI=1S/C26H23N5O2/c1-4-15-8-19-20(9-18(15)16-11-29-31(12-16)13-22(28)32)26(2,3)25-23(24(19)33)17-6-5-14(10-27)7-21(17)30-25/h5-9,11-12,30H,4,13H2,1-3H3,(H2,28,32). The molecule has 3 N–H and O–H groups in total. The number of amides is 1. The van der Waals surface area contributed by atoms with Crippen molar-refractivity contribution in [3.8, 4) is 17.2 Å². The van der Waals surface area contributed by atoms with Crippen molar-refractivity contribution in [2.75, 3.05) is 0 Å². The Kier molecular flexibility index (Phi) is 4.50. The van der Waals surface area contributed by atoms with Gasteiger partial charge in [-0.2, -0.15) is 10.4 Å². The second kappa shape index (κ2) is 7.17. The molecule has 0 unspecified atom stereocenters. The second-order valence-electron chi connectivity index (χ2n) is 9.00. The lowest BCUT2D eigenvalue weighted by Gasteiger charge is -2.33. The number of nitrogens with zero attached hydrogens (tertiary/aromatic N) is 3. The van der Waals surface area contributed by atoms with Gasteiger partial charge in [-0.15, -0.1) is 0 Å². The predicted octanol–water partition coefficient (Wildman–Crippen LogP) is 3.82. The van der Waals surface area contributed by atoms with E-state index in [4.69, 9.17) is 5.73 Å². The van der Waals surface area contributed by atoms with Crippen LogP contribution in [0.2, 0.25) is 0 Å². The Labute approximate surface area is 190 Å². The molecule has 5 rings (SSSR count). The Morgan fingerprint density at radius 2 is 2.03 bits per heavy atom. The third-order valence-electron chi connectivity index (χ3n) is 6.58. The van der Waals surface area contributed by atoms with Gasteiger partial charge in [0.25, 0.3) is 0 Å². The minimum Gasteiger partial charge on any atom is -0.368 e. The Balaban J connectivity index is 1.71. The van der Waals surface area contributed by atoms with Crippen molar-refractivity contribution in [1.82, 2.24) is 14.8 Å². The summed E-state index contributed by atoms with van der Waals surface area (Å²) in [6.07, 6.45) is 4.27. The average molecular weight is 438 g/mol. The van der Waals surface area contributed by atoms with Gasteiger partial charge in [-0.1, -0.05) is 26.8 Å². The number of fused-ring (bicyclic) bond motifs is 4. The van der Waals surface area contributed by atoms with Crippen molar-refractivity contribution >= 4 is 22.6 Å². The summed E-state index contributed by atoms with van der Waals surface area (Å²) in [5, 5.41) is 14.4. The van der Waals surface area contributed by atoms with Gasteiger partial charge in [-0.3, -0.25) is 14.3 Å². The van der Waals surface area contributed by atoms with E-state index in [1.807, 2.05) is 12.1 Å². The van der Waals surface area contributed by atoms with E-state index in [9.17, 15) is 14.9 Å². The monoisotopic (exact) mass is 437 g/mol. The van der Waals surface area contributed by atoms with E-state index in [0.29, 0.717) is 16.7 Å². The van der Waals surface area contributed by atoms with E-state index >= 15 is 0 Å². The maximum Gasteiger partial charge on any atom is 0.239 e. The van der Waals surface area contributed by atoms with Gasteiger partial charge in [0.1, 0.15) is 6.54 Å². The number of benzene rings is 2. The number of carbonyl (C=O) groups excluding carboxylic acids is 2. The number of hydrogen-bond acceptors (Lipinski definition) is 4. The van der Waals surface area contributed by atoms with Crippen molar-refractivity contribution in [3.63, 3.8) is 0 Å². The van der Waals surface area contributed by atoms with Crippen molar-refractivity contribution in [1.29, 1.82) is 5.26 Å². The highest BCUT2D eigenvalue weighted by atomic mass is 16.1. The molecule has 0 spiro atoms. The molecule has 0 atom stereocenters. The molecular weight excluding hydrogens is 414 g/mol. The molecule has 4 aromatic rings. The summed E-state index contributed by atoms with van der Waals surface area (Å²) in [5.74, 6) is -0.468. The van der Waals surface area contributed by atoms with E-state index in [1.54, 1.807) is 24.5 Å². The molecule has 0 radical (unpaired) electrons. The van der Waals surface area contributed by atoms with Crippen molar-refractivity contribution < 1.29 is 9.59 Å². The number of aryl methyl sites for hydroxylation is 1. The van der Waals surface area contributed by atoms with Gasteiger partial charge in [0, 0.05) is 39.3 Å². The van der Waals surface area contributed by atoms with E-state index < -0.39 is 11.3 Å². The van der Waals surface area contributed by atoms with Gasteiger partial charge >= 0.3 is 0 Å². The summed E-state index contributed by atoms with van der Waals surface area (Å²) in [6, 6.07) is 11.6. The molecule has 2 aromatic carbocycles. The fourth-order valence-electron chi connectivity index (χ4n) is 4.90. The summed E-state index contributed by atoms with van der Waals surface area (Å²) in [5.41, 5.74) is 12.2. The zero-order chi connectivity index (χ0) is 23.5. The van der Waals surface area contributed by atoms with E-state index in [-0.39, 0.29) is 12.3 Å². The largest absolute Gasteiger partial charge is 0.368 e. The van der Waals surface area contributed by atoms with E-state index in [2.05, 4.69) is 43.0 Å². The number of ketones is 1. The molecule has 0 bridgehead atoms. The molecule has 0 aliphatic heterocycles. The number of hydrogen-bond donors (Lipinski definition) is 2. The van der Waals surface area contributed by atoms with E-state index in [0.717, 1.165) is 45.3 Å². The van der Waals surface area contributed by atoms with Crippen molar-refractivity contribution in [3.05, 3.63) is 76.2 Å². The number of rotatable bonds is 4.